The normalized spacial score (nSPS) is 35.3. The predicted molar refractivity (Wildman–Crippen MR) is 60.4 cm³/mol. The largest absolute Gasteiger partial charge is 0.314 e. The molecule has 1 aliphatic carbocycles. The maximum Gasteiger partial charge on any atom is 0.0195 e. The van der Waals surface area contributed by atoms with Crippen molar-refractivity contribution in [3.63, 3.8) is 0 Å². The molecule has 80 valence electrons. The Morgan fingerprint density at radius 1 is 1.14 bits per heavy atom. The molecule has 0 bridgehead atoms. The molecule has 2 aliphatic rings. The molecule has 0 spiro atoms. The van der Waals surface area contributed by atoms with Gasteiger partial charge in [0.15, 0.2) is 0 Å². The molecule has 0 saturated carbocycles. The molecule has 1 fully saturated rings. The van der Waals surface area contributed by atoms with Crippen LogP contribution in [0.5, 0.6) is 0 Å². The lowest BCUT2D eigenvalue weighted by molar-refractivity contribution is 0.0982. The second-order valence-corrected chi connectivity index (χ2v) is 4.86. The third-order valence-electron chi connectivity index (χ3n) is 3.59. The summed E-state index contributed by atoms with van der Waals surface area (Å²) >= 11 is 0. The van der Waals surface area contributed by atoms with Gasteiger partial charge in [0.05, 0.1) is 0 Å². The van der Waals surface area contributed by atoms with Gasteiger partial charge < -0.3 is 5.32 Å². The predicted octanol–water partition coefficient (Wildman–Crippen LogP) is 1.63. The van der Waals surface area contributed by atoms with E-state index >= 15 is 0 Å². The van der Waals surface area contributed by atoms with E-state index in [2.05, 4.69) is 36.2 Å². The zero-order valence-electron chi connectivity index (χ0n) is 9.37. The number of nitrogens with zero attached hydrogens (tertiary/aromatic N) is 1. The van der Waals surface area contributed by atoms with Crippen LogP contribution >= 0.6 is 0 Å². The van der Waals surface area contributed by atoms with Crippen LogP contribution in [0.15, 0.2) is 12.2 Å². The Kier molecular flexibility index (Phi) is 3.24. The molecule has 2 rings (SSSR count). The Bertz CT molecular complexity index is 194. The molecule has 2 atom stereocenters. The van der Waals surface area contributed by atoms with Crippen LogP contribution < -0.4 is 5.32 Å². The molecule has 0 radical (unpaired) electrons. The van der Waals surface area contributed by atoms with E-state index in [1.807, 2.05) is 0 Å². The maximum atomic E-state index is 3.48. The minimum Gasteiger partial charge on any atom is -0.314 e. The van der Waals surface area contributed by atoms with Gasteiger partial charge in [0.2, 0.25) is 0 Å². The Morgan fingerprint density at radius 3 is 2.29 bits per heavy atom. The summed E-state index contributed by atoms with van der Waals surface area (Å²) in [6, 6.07) is 1.42. The first kappa shape index (κ1) is 10.2. The van der Waals surface area contributed by atoms with E-state index in [1.165, 1.54) is 19.4 Å². The molecule has 0 aromatic heterocycles. The van der Waals surface area contributed by atoms with Crippen LogP contribution in [0.2, 0.25) is 0 Å². The van der Waals surface area contributed by atoms with Crippen LogP contribution in [0.4, 0.5) is 0 Å². The average molecular weight is 194 g/mol. The topological polar surface area (TPSA) is 15.3 Å². The van der Waals surface area contributed by atoms with Crippen LogP contribution in [0.25, 0.3) is 0 Å². The second kappa shape index (κ2) is 4.45. The Labute approximate surface area is 87.4 Å². The van der Waals surface area contributed by atoms with E-state index in [-0.39, 0.29) is 0 Å². The quantitative estimate of drug-likeness (QED) is 0.672. The highest BCUT2D eigenvalue weighted by Crippen LogP contribution is 2.22. The van der Waals surface area contributed by atoms with Gasteiger partial charge in [0.1, 0.15) is 0 Å². The highest BCUT2D eigenvalue weighted by atomic mass is 15.2. The third kappa shape index (κ3) is 2.18. The first-order valence-corrected chi connectivity index (χ1v) is 5.89. The van der Waals surface area contributed by atoms with Crippen molar-refractivity contribution in [2.75, 3.05) is 19.6 Å². The summed E-state index contributed by atoms with van der Waals surface area (Å²) in [7, 11) is 0. The number of hydrogen-bond acceptors (Lipinski definition) is 2. The molecule has 1 N–H and O–H groups in total. The molecule has 0 aromatic rings. The van der Waals surface area contributed by atoms with E-state index in [9.17, 15) is 0 Å². The summed E-state index contributed by atoms with van der Waals surface area (Å²) in [5, 5.41) is 3.48. The fourth-order valence-corrected chi connectivity index (χ4v) is 2.65. The maximum absolute atomic E-state index is 3.48. The second-order valence-electron chi connectivity index (χ2n) is 4.86. The van der Waals surface area contributed by atoms with E-state index < -0.39 is 0 Å². The molecule has 0 aromatic carbocycles. The van der Waals surface area contributed by atoms with E-state index in [0.29, 0.717) is 12.1 Å². The first-order valence-electron chi connectivity index (χ1n) is 5.89. The lowest BCUT2D eigenvalue weighted by Crippen LogP contribution is -2.56. The summed E-state index contributed by atoms with van der Waals surface area (Å²) < 4.78 is 0. The summed E-state index contributed by atoms with van der Waals surface area (Å²) in [5.74, 6) is 0.887. The molecular weight excluding hydrogens is 172 g/mol. The van der Waals surface area contributed by atoms with Gasteiger partial charge >= 0.3 is 0 Å². The number of rotatable bonds is 2. The number of piperazine rings is 1. The molecule has 2 unspecified atom stereocenters. The SMILES string of the molecule is CC1CNCC(C)N1CC1CC=CC1. The Morgan fingerprint density at radius 2 is 1.71 bits per heavy atom. The van der Waals surface area contributed by atoms with Crippen molar-refractivity contribution in [2.45, 2.75) is 38.8 Å². The van der Waals surface area contributed by atoms with Crippen LogP contribution in [0, 0.1) is 5.92 Å². The molecule has 0 amide bonds. The van der Waals surface area contributed by atoms with Crippen molar-refractivity contribution in [3.8, 4) is 0 Å². The van der Waals surface area contributed by atoms with Gasteiger partial charge in [-0.2, -0.15) is 0 Å². The minimum atomic E-state index is 0.708. The van der Waals surface area contributed by atoms with Crippen LogP contribution in [0.1, 0.15) is 26.7 Å². The van der Waals surface area contributed by atoms with Gasteiger partial charge in [-0.1, -0.05) is 12.2 Å². The number of hydrogen-bond donors (Lipinski definition) is 1. The van der Waals surface area contributed by atoms with Crippen molar-refractivity contribution in [1.82, 2.24) is 10.2 Å². The molecule has 2 heteroatoms. The molecule has 1 heterocycles. The fourth-order valence-electron chi connectivity index (χ4n) is 2.65. The van der Waals surface area contributed by atoms with E-state index in [4.69, 9.17) is 0 Å². The highest BCUT2D eigenvalue weighted by Gasteiger charge is 2.26. The summed E-state index contributed by atoms with van der Waals surface area (Å²) in [6.45, 7) is 8.28. The first-order chi connectivity index (χ1) is 6.77. The Balaban J connectivity index is 1.87. The third-order valence-corrected chi connectivity index (χ3v) is 3.59. The van der Waals surface area contributed by atoms with Crippen molar-refractivity contribution in [2.24, 2.45) is 5.92 Å². The van der Waals surface area contributed by atoms with Gasteiger partial charge in [-0.05, 0) is 32.6 Å². The van der Waals surface area contributed by atoms with Crippen molar-refractivity contribution >= 4 is 0 Å². The zero-order valence-corrected chi connectivity index (χ0v) is 9.37. The highest BCUT2D eigenvalue weighted by molar-refractivity contribution is 4.96. The zero-order chi connectivity index (χ0) is 9.97. The summed E-state index contributed by atoms with van der Waals surface area (Å²) in [5.41, 5.74) is 0. The van der Waals surface area contributed by atoms with Crippen LogP contribution in [-0.2, 0) is 0 Å². The van der Waals surface area contributed by atoms with Gasteiger partial charge in [-0.15, -0.1) is 0 Å². The molecule has 1 saturated heterocycles. The van der Waals surface area contributed by atoms with Crippen molar-refractivity contribution in [1.29, 1.82) is 0 Å². The Hall–Kier alpha value is -0.340. The van der Waals surface area contributed by atoms with Crippen molar-refractivity contribution < 1.29 is 0 Å². The van der Waals surface area contributed by atoms with E-state index in [0.717, 1.165) is 19.0 Å². The number of nitrogens with one attached hydrogen (secondary N) is 1. The monoisotopic (exact) mass is 194 g/mol. The van der Waals surface area contributed by atoms with Gasteiger partial charge in [0.25, 0.3) is 0 Å². The lowest BCUT2D eigenvalue weighted by Gasteiger charge is -2.40. The van der Waals surface area contributed by atoms with E-state index in [1.54, 1.807) is 0 Å². The van der Waals surface area contributed by atoms with Crippen LogP contribution in [0.3, 0.4) is 0 Å². The summed E-state index contributed by atoms with van der Waals surface area (Å²) in [6.07, 6.45) is 7.26. The number of allylic oxidation sites excluding steroid dienone is 2. The van der Waals surface area contributed by atoms with Gasteiger partial charge in [0, 0.05) is 31.7 Å². The molecule has 2 nitrogen and oxygen atoms in total. The molecule has 1 aliphatic heterocycles. The fraction of sp³-hybridized carbons (Fsp3) is 0.833. The summed E-state index contributed by atoms with van der Waals surface area (Å²) in [4.78, 5) is 2.67. The molecule has 14 heavy (non-hydrogen) atoms. The standard InChI is InChI=1S/C12H22N2/c1-10-7-13-8-11(2)14(10)9-12-5-3-4-6-12/h3-4,10-13H,5-9H2,1-2H3. The smallest absolute Gasteiger partial charge is 0.0195 e. The molecular formula is C12H22N2. The van der Waals surface area contributed by atoms with Gasteiger partial charge in [-0.25, -0.2) is 0 Å². The van der Waals surface area contributed by atoms with Crippen LogP contribution in [-0.4, -0.2) is 36.6 Å². The van der Waals surface area contributed by atoms with Gasteiger partial charge in [-0.3, -0.25) is 4.90 Å². The minimum absolute atomic E-state index is 0.708. The average Bonchev–Trinajstić information content (AvgIpc) is 2.64. The van der Waals surface area contributed by atoms with Crippen molar-refractivity contribution in [3.05, 3.63) is 12.2 Å². The lowest BCUT2D eigenvalue weighted by atomic mass is 10.0.